The van der Waals surface area contributed by atoms with E-state index in [4.69, 9.17) is 10.5 Å². The van der Waals surface area contributed by atoms with Crippen molar-refractivity contribution in [1.29, 1.82) is 0 Å². The minimum absolute atomic E-state index is 0. The second-order valence-electron chi connectivity index (χ2n) is 4.08. The standard InChI is InChI=1S/C11H14BrNO.ClH/c1-8-2-3-9(12)10(6-8)14-7-11(13)4-5-11;/h2-3,6H,4-5,7,13H2,1H3;1H. The van der Waals surface area contributed by atoms with E-state index in [1.54, 1.807) is 0 Å². The molecule has 0 aliphatic heterocycles. The van der Waals surface area contributed by atoms with Gasteiger partial charge in [0.2, 0.25) is 0 Å². The van der Waals surface area contributed by atoms with Crippen molar-refractivity contribution in [2.24, 2.45) is 5.73 Å². The molecule has 0 heterocycles. The lowest BCUT2D eigenvalue weighted by molar-refractivity contribution is 0.278. The zero-order valence-corrected chi connectivity index (χ0v) is 11.0. The first-order chi connectivity index (χ1) is 6.59. The summed E-state index contributed by atoms with van der Waals surface area (Å²) in [5.41, 5.74) is 7.09. The van der Waals surface area contributed by atoms with Crippen LogP contribution in [0.4, 0.5) is 0 Å². The van der Waals surface area contributed by atoms with Crippen LogP contribution >= 0.6 is 28.3 Å². The van der Waals surface area contributed by atoms with Crippen LogP contribution < -0.4 is 10.5 Å². The largest absolute Gasteiger partial charge is 0.490 e. The molecular weight excluding hydrogens is 277 g/mol. The SMILES string of the molecule is Cc1ccc(Br)c(OCC2(N)CC2)c1.Cl. The van der Waals surface area contributed by atoms with Crippen molar-refractivity contribution < 1.29 is 4.74 Å². The van der Waals surface area contributed by atoms with Gasteiger partial charge in [0.05, 0.1) is 10.0 Å². The molecule has 2 rings (SSSR count). The third-order valence-electron chi connectivity index (χ3n) is 2.49. The summed E-state index contributed by atoms with van der Waals surface area (Å²) in [6.07, 6.45) is 2.16. The zero-order chi connectivity index (χ0) is 10.2. The minimum atomic E-state index is -0.0524. The van der Waals surface area contributed by atoms with Crippen LogP contribution in [0.2, 0.25) is 0 Å². The van der Waals surface area contributed by atoms with Crippen molar-refractivity contribution in [3.8, 4) is 5.75 Å². The predicted octanol–water partition coefficient (Wildman–Crippen LogP) is 3.05. The molecule has 0 spiro atoms. The number of hydrogen-bond acceptors (Lipinski definition) is 2. The van der Waals surface area contributed by atoms with E-state index in [1.807, 2.05) is 18.2 Å². The Kier molecular flexibility index (Phi) is 4.04. The molecule has 1 aromatic carbocycles. The van der Waals surface area contributed by atoms with Crippen LogP contribution in [0.25, 0.3) is 0 Å². The van der Waals surface area contributed by atoms with Crippen LogP contribution in [0.3, 0.4) is 0 Å². The molecule has 84 valence electrons. The van der Waals surface area contributed by atoms with E-state index >= 15 is 0 Å². The fraction of sp³-hybridized carbons (Fsp3) is 0.455. The first-order valence-electron chi connectivity index (χ1n) is 4.77. The average Bonchev–Trinajstić information content (AvgIpc) is 2.87. The van der Waals surface area contributed by atoms with Gasteiger partial charge in [-0.05, 0) is 53.4 Å². The van der Waals surface area contributed by atoms with Crippen LogP contribution in [-0.2, 0) is 0 Å². The van der Waals surface area contributed by atoms with E-state index in [1.165, 1.54) is 5.56 Å². The lowest BCUT2D eigenvalue weighted by Gasteiger charge is -2.12. The molecule has 1 saturated carbocycles. The van der Waals surface area contributed by atoms with Gasteiger partial charge in [0, 0.05) is 0 Å². The molecule has 0 radical (unpaired) electrons. The Morgan fingerprint density at radius 2 is 2.13 bits per heavy atom. The molecule has 0 saturated heterocycles. The summed E-state index contributed by atoms with van der Waals surface area (Å²) in [5, 5.41) is 0. The van der Waals surface area contributed by atoms with Crippen LogP contribution in [0.15, 0.2) is 22.7 Å². The Balaban J connectivity index is 0.00000112. The maximum atomic E-state index is 5.94. The van der Waals surface area contributed by atoms with E-state index in [9.17, 15) is 0 Å². The first kappa shape index (κ1) is 12.8. The molecule has 0 unspecified atom stereocenters. The van der Waals surface area contributed by atoms with Crippen LogP contribution in [-0.4, -0.2) is 12.1 Å². The fourth-order valence-corrected chi connectivity index (χ4v) is 1.61. The lowest BCUT2D eigenvalue weighted by atomic mass is 10.2. The number of rotatable bonds is 3. The predicted molar refractivity (Wildman–Crippen MR) is 67.8 cm³/mol. The molecule has 1 aromatic rings. The van der Waals surface area contributed by atoms with Crippen molar-refractivity contribution >= 4 is 28.3 Å². The van der Waals surface area contributed by atoms with E-state index < -0.39 is 0 Å². The molecule has 4 heteroatoms. The van der Waals surface area contributed by atoms with E-state index in [0.29, 0.717) is 6.61 Å². The zero-order valence-electron chi connectivity index (χ0n) is 8.63. The molecule has 0 aromatic heterocycles. The van der Waals surface area contributed by atoms with Gasteiger partial charge in [0.25, 0.3) is 0 Å². The quantitative estimate of drug-likeness (QED) is 0.929. The molecule has 0 atom stereocenters. The van der Waals surface area contributed by atoms with Gasteiger partial charge in [0.15, 0.2) is 0 Å². The van der Waals surface area contributed by atoms with Gasteiger partial charge in [-0.15, -0.1) is 12.4 Å². The van der Waals surface area contributed by atoms with Gasteiger partial charge in [-0.2, -0.15) is 0 Å². The Bertz CT molecular complexity index is 352. The molecular formula is C11H15BrClNO. The van der Waals surface area contributed by atoms with Crippen molar-refractivity contribution in [3.05, 3.63) is 28.2 Å². The van der Waals surface area contributed by atoms with Gasteiger partial charge in [0.1, 0.15) is 12.4 Å². The number of nitrogens with two attached hydrogens (primary N) is 1. The molecule has 0 bridgehead atoms. The van der Waals surface area contributed by atoms with Crippen LogP contribution in [0.5, 0.6) is 5.75 Å². The topological polar surface area (TPSA) is 35.2 Å². The normalized spacial score (nSPS) is 16.7. The number of halogens is 2. The highest BCUT2D eigenvalue weighted by Crippen LogP contribution is 2.34. The van der Waals surface area contributed by atoms with Crippen molar-refractivity contribution in [1.82, 2.24) is 0 Å². The summed E-state index contributed by atoms with van der Waals surface area (Å²) >= 11 is 3.45. The third kappa shape index (κ3) is 3.37. The third-order valence-corrected chi connectivity index (χ3v) is 3.15. The van der Waals surface area contributed by atoms with Crippen molar-refractivity contribution in [3.63, 3.8) is 0 Å². The number of benzene rings is 1. The molecule has 1 aliphatic carbocycles. The van der Waals surface area contributed by atoms with E-state index in [-0.39, 0.29) is 17.9 Å². The summed E-state index contributed by atoms with van der Waals surface area (Å²) < 4.78 is 6.67. The molecule has 2 N–H and O–H groups in total. The van der Waals surface area contributed by atoms with Crippen LogP contribution in [0.1, 0.15) is 18.4 Å². The number of ether oxygens (including phenoxy) is 1. The summed E-state index contributed by atoms with van der Waals surface area (Å²) in [7, 11) is 0. The Morgan fingerprint density at radius 3 is 2.73 bits per heavy atom. The average molecular weight is 293 g/mol. The maximum absolute atomic E-state index is 5.94. The molecule has 0 amide bonds. The highest BCUT2D eigenvalue weighted by Gasteiger charge is 2.39. The number of hydrogen-bond donors (Lipinski definition) is 1. The second-order valence-corrected chi connectivity index (χ2v) is 4.94. The minimum Gasteiger partial charge on any atom is -0.490 e. The van der Waals surface area contributed by atoms with Crippen molar-refractivity contribution in [2.75, 3.05) is 6.61 Å². The van der Waals surface area contributed by atoms with Gasteiger partial charge in [-0.25, -0.2) is 0 Å². The summed E-state index contributed by atoms with van der Waals surface area (Å²) in [4.78, 5) is 0. The van der Waals surface area contributed by atoms with Crippen LogP contribution in [0, 0.1) is 6.92 Å². The fourth-order valence-electron chi connectivity index (χ4n) is 1.25. The van der Waals surface area contributed by atoms with Crippen molar-refractivity contribution in [2.45, 2.75) is 25.3 Å². The highest BCUT2D eigenvalue weighted by molar-refractivity contribution is 9.10. The van der Waals surface area contributed by atoms with E-state index in [2.05, 4.69) is 22.9 Å². The maximum Gasteiger partial charge on any atom is 0.133 e. The summed E-state index contributed by atoms with van der Waals surface area (Å²) in [6, 6.07) is 6.07. The Hall–Kier alpha value is -0.250. The second kappa shape index (κ2) is 4.73. The monoisotopic (exact) mass is 291 g/mol. The van der Waals surface area contributed by atoms with Gasteiger partial charge >= 0.3 is 0 Å². The molecule has 2 nitrogen and oxygen atoms in total. The van der Waals surface area contributed by atoms with E-state index in [0.717, 1.165) is 23.1 Å². The molecule has 1 aliphatic rings. The Morgan fingerprint density at radius 1 is 1.47 bits per heavy atom. The Labute approximate surface area is 105 Å². The smallest absolute Gasteiger partial charge is 0.133 e. The summed E-state index contributed by atoms with van der Waals surface area (Å²) in [6.45, 7) is 2.67. The van der Waals surface area contributed by atoms with Gasteiger partial charge in [-0.3, -0.25) is 0 Å². The van der Waals surface area contributed by atoms with Gasteiger partial charge < -0.3 is 10.5 Å². The molecule has 15 heavy (non-hydrogen) atoms. The molecule has 1 fully saturated rings. The lowest BCUT2D eigenvalue weighted by Crippen LogP contribution is -2.29. The summed E-state index contributed by atoms with van der Waals surface area (Å²) in [5.74, 6) is 0.890. The van der Waals surface area contributed by atoms with Gasteiger partial charge in [-0.1, -0.05) is 6.07 Å². The highest BCUT2D eigenvalue weighted by atomic mass is 79.9. The number of aryl methyl sites for hydroxylation is 1. The first-order valence-corrected chi connectivity index (χ1v) is 5.56.